The van der Waals surface area contributed by atoms with E-state index in [9.17, 15) is 9.59 Å². The van der Waals surface area contributed by atoms with E-state index < -0.39 is 11.5 Å². The van der Waals surface area contributed by atoms with Gasteiger partial charge in [0.2, 0.25) is 0 Å². The van der Waals surface area contributed by atoms with Crippen LogP contribution in [0.4, 0.5) is 0 Å². The SMILES string of the molecule is CCOC(=O)[C@@H]1C[C@](C)(C(=O)OC(C)C)N[C@@H]1c1ccc(C2CCCCC2)cc1. The highest BCUT2D eigenvalue weighted by molar-refractivity contribution is 5.84. The molecule has 1 aromatic rings. The molecule has 0 radical (unpaired) electrons. The normalized spacial score (nSPS) is 27.8. The molecule has 29 heavy (non-hydrogen) atoms. The molecule has 1 aromatic carbocycles. The molecular weight excluding hydrogens is 366 g/mol. The minimum atomic E-state index is -0.908. The number of rotatable bonds is 6. The standard InChI is InChI=1S/C24H35NO4/c1-5-28-22(26)20-15-24(4,23(27)29-16(2)3)25-21(20)19-13-11-18(12-14-19)17-9-7-6-8-10-17/h11-14,16-17,20-21,25H,5-10,15H2,1-4H3/t20-,21-,24-/m1/s1. The van der Waals surface area contributed by atoms with Crippen molar-refractivity contribution in [2.45, 2.75) is 89.8 Å². The van der Waals surface area contributed by atoms with Gasteiger partial charge in [0.15, 0.2) is 0 Å². The molecule has 1 saturated heterocycles. The van der Waals surface area contributed by atoms with Gasteiger partial charge in [0.25, 0.3) is 0 Å². The van der Waals surface area contributed by atoms with E-state index in [4.69, 9.17) is 9.47 Å². The number of carbonyl (C=O) groups excluding carboxylic acids is 2. The van der Waals surface area contributed by atoms with Crippen molar-refractivity contribution in [3.8, 4) is 0 Å². The molecule has 1 aliphatic carbocycles. The molecule has 160 valence electrons. The van der Waals surface area contributed by atoms with Gasteiger partial charge < -0.3 is 9.47 Å². The average molecular weight is 402 g/mol. The molecule has 0 spiro atoms. The average Bonchev–Trinajstić information content (AvgIpc) is 3.08. The van der Waals surface area contributed by atoms with Crippen LogP contribution < -0.4 is 5.32 Å². The van der Waals surface area contributed by atoms with Gasteiger partial charge in [-0.1, -0.05) is 43.5 Å². The minimum Gasteiger partial charge on any atom is -0.466 e. The molecule has 1 N–H and O–H groups in total. The van der Waals surface area contributed by atoms with Crippen molar-refractivity contribution < 1.29 is 19.1 Å². The van der Waals surface area contributed by atoms with Crippen LogP contribution in [-0.2, 0) is 19.1 Å². The van der Waals surface area contributed by atoms with Gasteiger partial charge in [-0.15, -0.1) is 0 Å². The zero-order valence-corrected chi connectivity index (χ0v) is 18.2. The van der Waals surface area contributed by atoms with Gasteiger partial charge in [-0.2, -0.15) is 0 Å². The fraction of sp³-hybridized carbons (Fsp3) is 0.667. The second kappa shape index (κ2) is 9.29. The molecule has 0 aromatic heterocycles. The first-order valence-corrected chi connectivity index (χ1v) is 11.1. The number of hydrogen-bond donors (Lipinski definition) is 1. The number of hydrogen-bond acceptors (Lipinski definition) is 5. The first kappa shape index (κ1) is 21.8. The van der Waals surface area contributed by atoms with Crippen LogP contribution in [0.2, 0.25) is 0 Å². The van der Waals surface area contributed by atoms with Crippen molar-refractivity contribution in [3.05, 3.63) is 35.4 Å². The number of ether oxygens (including phenoxy) is 2. The van der Waals surface area contributed by atoms with Crippen LogP contribution in [0.5, 0.6) is 0 Å². The first-order valence-electron chi connectivity index (χ1n) is 11.1. The third kappa shape index (κ3) is 5.00. The Morgan fingerprint density at radius 1 is 1.10 bits per heavy atom. The Kier molecular flexibility index (Phi) is 6.99. The van der Waals surface area contributed by atoms with E-state index in [1.54, 1.807) is 6.92 Å². The van der Waals surface area contributed by atoms with Crippen molar-refractivity contribution >= 4 is 11.9 Å². The molecule has 3 atom stereocenters. The van der Waals surface area contributed by atoms with Crippen molar-refractivity contribution in [1.82, 2.24) is 5.32 Å². The lowest BCUT2D eigenvalue weighted by Crippen LogP contribution is -2.47. The third-order valence-electron chi connectivity index (χ3n) is 6.26. The maximum atomic E-state index is 12.7. The van der Waals surface area contributed by atoms with Gasteiger partial charge in [-0.25, -0.2) is 0 Å². The zero-order chi connectivity index (χ0) is 21.0. The van der Waals surface area contributed by atoms with Gasteiger partial charge in [-0.3, -0.25) is 14.9 Å². The van der Waals surface area contributed by atoms with Crippen LogP contribution in [0.1, 0.15) is 89.3 Å². The van der Waals surface area contributed by atoms with Gasteiger partial charge in [0.1, 0.15) is 5.54 Å². The quantitative estimate of drug-likeness (QED) is 0.703. The van der Waals surface area contributed by atoms with Gasteiger partial charge in [-0.05, 0) is 64.0 Å². The number of carbonyl (C=O) groups is 2. The Balaban J connectivity index is 1.82. The van der Waals surface area contributed by atoms with E-state index in [0.717, 1.165) is 5.56 Å². The fourth-order valence-electron chi connectivity index (χ4n) is 4.74. The molecule has 2 aliphatic rings. The smallest absolute Gasteiger partial charge is 0.326 e. The molecule has 1 aliphatic heterocycles. The van der Waals surface area contributed by atoms with Crippen molar-refractivity contribution in [2.75, 3.05) is 6.61 Å². The van der Waals surface area contributed by atoms with Crippen LogP contribution >= 0.6 is 0 Å². The van der Waals surface area contributed by atoms with Crippen molar-refractivity contribution in [3.63, 3.8) is 0 Å². The Hall–Kier alpha value is -1.88. The zero-order valence-electron chi connectivity index (χ0n) is 18.2. The Bertz CT molecular complexity index is 708. The lowest BCUT2D eigenvalue weighted by atomic mass is 9.83. The lowest BCUT2D eigenvalue weighted by molar-refractivity contribution is -0.154. The molecule has 1 saturated carbocycles. The Morgan fingerprint density at radius 3 is 2.31 bits per heavy atom. The molecule has 5 heteroatoms. The fourth-order valence-corrected chi connectivity index (χ4v) is 4.74. The molecule has 0 bridgehead atoms. The summed E-state index contributed by atoms with van der Waals surface area (Å²) in [5.41, 5.74) is 1.49. The van der Waals surface area contributed by atoms with Crippen LogP contribution in [0.25, 0.3) is 0 Å². The van der Waals surface area contributed by atoms with Crippen LogP contribution in [0.3, 0.4) is 0 Å². The summed E-state index contributed by atoms with van der Waals surface area (Å²) < 4.78 is 10.8. The summed E-state index contributed by atoms with van der Waals surface area (Å²) in [5, 5.41) is 3.40. The van der Waals surface area contributed by atoms with Gasteiger partial charge in [0.05, 0.1) is 18.6 Å². The molecule has 2 fully saturated rings. The molecule has 0 unspecified atom stereocenters. The van der Waals surface area contributed by atoms with Crippen LogP contribution in [-0.4, -0.2) is 30.2 Å². The van der Waals surface area contributed by atoms with Crippen molar-refractivity contribution in [1.29, 1.82) is 0 Å². The summed E-state index contributed by atoms with van der Waals surface area (Å²) in [6.07, 6.45) is 6.63. The summed E-state index contributed by atoms with van der Waals surface area (Å²) in [5.74, 6) is -0.354. The topological polar surface area (TPSA) is 64.6 Å². The van der Waals surface area contributed by atoms with E-state index in [1.165, 1.54) is 37.7 Å². The summed E-state index contributed by atoms with van der Waals surface area (Å²) in [7, 11) is 0. The summed E-state index contributed by atoms with van der Waals surface area (Å²) in [4.78, 5) is 25.4. The molecule has 5 nitrogen and oxygen atoms in total. The molecular formula is C24H35NO4. The second-order valence-corrected chi connectivity index (χ2v) is 8.97. The Morgan fingerprint density at radius 2 is 1.72 bits per heavy atom. The molecule has 1 heterocycles. The summed E-state index contributed by atoms with van der Waals surface area (Å²) in [6, 6.07) is 8.33. The van der Waals surface area contributed by atoms with Crippen LogP contribution in [0.15, 0.2) is 24.3 Å². The summed E-state index contributed by atoms with van der Waals surface area (Å²) in [6.45, 7) is 7.62. The number of benzene rings is 1. The Labute approximate surface area is 174 Å². The minimum absolute atomic E-state index is 0.198. The number of nitrogens with one attached hydrogen (secondary N) is 1. The van der Waals surface area contributed by atoms with E-state index in [2.05, 4.69) is 29.6 Å². The van der Waals surface area contributed by atoms with E-state index in [-0.39, 0.29) is 24.1 Å². The predicted molar refractivity (Wildman–Crippen MR) is 113 cm³/mol. The highest BCUT2D eigenvalue weighted by Crippen LogP contribution is 2.40. The van der Waals surface area contributed by atoms with Gasteiger partial charge >= 0.3 is 11.9 Å². The predicted octanol–water partition coefficient (Wildman–Crippen LogP) is 4.66. The number of esters is 2. The lowest BCUT2D eigenvalue weighted by Gasteiger charge is -2.25. The molecule has 0 amide bonds. The largest absolute Gasteiger partial charge is 0.466 e. The second-order valence-electron chi connectivity index (χ2n) is 8.97. The highest BCUT2D eigenvalue weighted by Gasteiger charge is 2.51. The summed E-state index contributed by atoms with van der Waals surface area (Å²) >= 11 is 0. The molecule has 3 rings (SSSR count). The van der Waals surface area contributed by atoms with E-state index >= 15 is 0 Å². The highest BCUT2D eigenvalue weighted by atomic mass is 16.5. The maximum absolute atomic E-state index is 12.7. The first-order chi connectivity index (χ1) is 13.8. The van der Waals surface area contributed by atoms with E-state index in [1.807, 2.05) is 20.8 Å². The maximum Gasteiger partial charge on any atom is 0.326 e. The van der Waals surface area contributed by atoms with Crippen molar-refractivity contribution in [2.24, 2.45) is 5.92 Å². The van der Waals surface area contributed by atoms with Crippen LogP contribution in [0, 0.1) is 5.92 Å². The third-order valence-corrected chi connectivity index (χ3v) is 6.26. The van der Waals surface area contributed by atoms with Gasteiger partial charge in [0, 0.05) is 6.04 Å². The van der Waals surface area contributed by atoms with E-state index in [0.29, 0.717) is 18.9 Å². The monoisotopic (exact) mass is 401 g/mol.